The number of nitrogens with zero attached hydrogens (tertiary/aromatic N) is 4. The number of amides is 1. The van der Waals surface area contributed by atoms with Gasteiger partial charge in [-0.2, -0.15) is 0 Å². The molecule has 1 aromatic heterocycles. The van der Waals surface area contributed by atoms with E-state index in [4.69, 9.17) is 0 Å². The van der Waals surface area contributed by atoms with Gasteiger partial charge in [0.1, 0.15) is 11.6 Å². The average Bonchev–Trinajstić information content (AvgIpc) is 3.33. The van der Waals surface area contributed by atoms with Crippen molar-refractivity contribution in [1.82, 2.24) is 25.1 Å². The zero-order valence-electron chi connectivity index (χ0n) is 17.9. The molecule has 1 saturated heterocycles. The molecule has 1 fully saturated rings. The van der Waals surface area contributed by atoms with Gasteiger partial charge in [-0.3, -0.25) is 9.79 Å². The van der Waals surface area contributed by atoms with Crippen LogP contribution < -0.4 is 10.6 Å². The Hall–Kier alpha value is -2.17. The minimum Gasteiger partial charge on any atom is -0.352 e. The zero-order chi connectivity index (χ0) is 21.0. The Bertz CT molecular complexity index is 897. The maximum Gasteiger partial charge on any atom is 0.225 e. The van der Waals surface area contributed by atoms with E-state index in [9.17, 15) is 9.18 Å². The molecule has 0 spiro atoms. The van der Waals surface area contributed by atoms with E-state index in [-0.39, 0.29) is 47.7 Å². The van der Waals surface area contributed by atoms with Gasteiger partial charge in [-0.25, -0.2) is 9.37 Å². The second-order valence-electron chi connectivity index (χ2n) is 7.62. The van der Waals surface area contributed by atoms with Gasteiger partial charge in [0.2, 0.25) is 5.91 Å². The normalized spacial score (nSPS) is 16.5. The SMILES string of the molecule is CN=C(NCc1ccc(-n2ccnc2C)c(F)c1)NC1CCN(C(=O)C(C)C)C1.I. The summed E-state index contributed by atoms with van der Waals surface area (Å²) in [6.07, 6.45) is 4.28. The van der Waals surface area contributed by atoms with E-state index < -0.39 is 0 Å². The second-order valence-corrected chi connectivity index (χ2v) is 7.62. The van der Waals surface area contributed by atoms with E-state index in [0.717, 1.165) is 24.4 Å². The minimum atomic E-state index is -0.299. The van der Waals surface area contributed by atoms with Gasteiger partial charge in [0, 0.05) is 51.0 Å². The van der Waals surface area contributed by atoms with Crippen LogP contribution in [0.2, 0.25) is 0 Å². The number of rotatable bonds is 5. The Morgan fingerprint density at radius 3 is 2.77 bits per heavy atom. The summed E-state index contributed by atoms with van der Waals surface area (Å²) in [6.45, 7) is 7.55. The molecule has 0 saturated carbocycles. The van der Waals surface area contributed by atoms with Crippen molar-refractivity contribution in [3.8, 4) is 5.69 Å². The van der Waals surface area contributed by atoms with Crippen molar-refractivity contribution in [2.45, 2.75) is 39.8 Å². The van der Waals surface area contributed by atoms with E-state index in [0.29, 0.717) is 24.7 Å². The van der Waals surface area contributed by atoms with Crippen molar-refractivity contribution in [3.05, 3.63) is 47.8 Å². The Morgan fingerprint density at radius 1 is 1.40 bits per heavy atom. The first-order valence-electron chi connectivity index (χ1n) is 9.93. The van der Waals surface area contributed by atoms with Gasteiger partial charge < -0.3 is 20.1 Å². The maximum absolute atomic E-state index is 14.6. The number of guanidine groups is 1. The number of aryl methyl sites for hydroxylation is 1. The summed E-state index contributed by atoms with van der Waals surface area (Å²) in [5, 5.41) is 6.58. The molecule has 164 valence electrons. The van der Waals surface area contributed by atoms with Crippen molar-refractivity contribution in [2.24, 2.45) is 10.9 Å². The van der Waals surface area contributed by atoms with Crippen LogP contribution in [0.3, 0.4) is 0 Å². The molecule has 9 heteroatoms. The fourth-order valence-electron chi connectivity index (χ4n) is 3.51. The molecule has 30 heavy (non-hydrogen) atoms. The smallest absolute Gasteiger partial charge is 0.225 e. The summed E-state index contributed by atoms with van der Waals surface area (Å²) in [6, 6.07) is 5.32. The Labute approximate surface area is 194 Å². The summed E-state index contributed by atoms with van der Waals surface area (Å²) in [4.78, 5) is 22.4. The van der Waals surface area contributed by atoms with Gasteiger partial charge in [-0.05, 0) is 31.0 Å². The summed E-state index contributed by atoms with van der Waals surface area (Å²) in [7, 11) is 1.70. The first kappa shape index (κ1) is 24.1. The van der Waals surface area contributed by atoms with Crippen LogP contribution in [0.5, 0.6) is 0 Å². The molecule has 2 aromatic rings. The van der Waals surface area contributed by atoms with Gasteiger partial charge in [0.05, 0.1) is 5.69 Å². The number of aromatic nitrogens is 2. The molecule has 1 aromatic carbocycles. The topological polar surface area (TPSA) is 74.6 Å². The number of hydrogen-bond donors (Lipinski definition) is 2. The fourth-order valence-corrected chi connectivity index (χ4v) is 3.51. The van der Waals surface area contributed by atoms with E-state index in [1.165, 1.54) is 6.07 Å². The molecule has 0 radical (unpaired) electrons. The van der Waals surface area contributed by atoms with Crippen LogP contribution in [0.1, 0.15) is 31.7 Å². The molecular weight excluding hydrogens is 498 g/mol. The molecule has 3 rings (SSSR count). The predicted octanol–water partition coefficient (Wildman–Crippen LogP) is 2.86. The van der Waals surface area contributed by atoms with Gasteiger partial charge in [-0.15, -0.1) is 24.0 Å². The summed E-state index contributed by atoms with van der Waals surface area (Å²) < 4.78 is 16.3. The van der Waals surface area contributed by atoms with Crippen molar-refractivity contribution >= 4 is 35.8 Å². The van der Waals surface area contributed by atoms with Crippen molar-refractivity contribution in [1.29, 1.82) is 0 Å². The molecule has 0 bridgehead atoms. The molecule has 1 aliphatic rings. The molecule has 2 heterocycles. The summed E-state index contributed by atoms with van der Waals surface area (Å²) >= 11 is 0. The molecule has 1 unspecified atom stereocenters. The number of imidazole rings is 1. The Morgan fingerprint density at radius 2 is 2.17 bits per heavy atom. The van der Waals surface area contributed by atoms with Crippen LogP contribution in [-0.4, -0.2) is 52.5 Å². The van der Waals surface area contributed by atoms with Gasteiger partial charge in [-0.1, -0.05) is 19.9 Å². The third kappa shape index (κ3) is 5.71. The lowest BCUT2D eigenvalue weighted by molar-refractivity contribution is -0.133. The molecule has 7 nitrogen and oxygen atoms in total. The van der Waals surface area contributed by atoms with E-state index in [1.54, 1.807) is 30.1 Å². The second kappa shape index (κ2) is 10.7. The highest BCUT2D eigenvalue weighted by atomic mass is 127. The quantitative estimate of drug-likeness (QED) is 0.356. The molecule has 1 atom stereocenters. The Kier molecular flexibility index (Phi) is 8.63. The number of aliphatic imine (C=N–C) groups is 1. The van der Waals surface area contributed by atoms with Gasteiger partial charge in [0.15, 0.2) is 5.96 Å². The zero-order valence-corrected chi connectivity index (χ0v) is 20.2. The summed E-state index contributed by atoms with van der Waals surface area (Å²) in [5.74, 6) is 1.27. The van der Waals surface area contributed by atoms with Crippen LogP contribution in [0, 0.1) is 18.7 Å². The minimum absolute atomic E-state index is 0. The Balaban J connectivity index is 0.00000320. The number of hydrogen-bond acceptors (Lipinski definition) is 3. The van der Waals surface area contributed by atoms with Crippen LogP contribution in [0.15, 0.2) is 35.6 Å². The van der Waals surface area contributed by atoms with Crippen molar-refractivity contribution in [2.75, 3.05) is 20.1 Å². The van der Waals surface area contributed by atoms with Crippen LogP contribution in [0.4, 0.5) is 4.39 Å². The lowest BCUT2D eigenvalue weighted by Crippen LogP contribution is -2.45. The molecule has 2 N–H and O–H groups in total. The number of halogens is 2. The first-order valence-corrected chi connectivity index (χ1v) is 9.93. The van der Waals surface area contributed by atoms with E-state index in [1.807, 2.05) is 31.7 Å². The molecular formula is C21H30FIN6O. The predicted molar refractivity (Wildman–Crippen MR) is 127 cm³/mol. The average molecular weight is 528 g/mol. The number of carbonyl (C=O) groups is 1. The maximum atomic E-state index is 14.6. The third-order valence-electron chi connectivity index (χ3n) is 5.12. The lowest BCUT2D eigenvalue weighted by Gasteiger charge is -2.20. The largest absolute Gasteiger partial charge is 0.352 e. The summed E-state index contributed by atoms with van der Waals surface area (Å²) in [5.41, 5.74) is 1.29. The van der Waals surface area contributed by atoms with E-state index >= 15 is 0 Å². The third-order valence-corrected chi connectivity index (χ3v) is 5.12. The highest BCUT2D eigenvalue weighted by Gasteiger charge is 2.27. The number of carbonyl (C=O) groups excluding carboxylic acids is 1. The van der Waals surface area contributed by atoms with Crippen molar-refractivity contribution < 1.29 is 9.18 Å². The molecule has 1 aliphatic heterocycles. The number of nitrogens with one attached hydrogen (secondary N) is 2. The van der Waals surface area contributed by atoms with Crippen LogP contribution in [0.25, 0.3) is 5.69 Å². The number of benzene rings is 1. The molecule has 1 amide bonds. The van der Waals surface area contributed by atoms with Gasteiger partial charge >= 0.3 is 0 Å². The first-order chi connectivity index (χ1) is 13.9. The standard InChI is InChI=1S/C21H29FN6O.HI/c1-14(2)20(29)27-9-7-17(13-27)26-21(23-4)25-12-16-5-6-19(18(22)11-16)28-10-8-24-15(28)3;/h5-6,8,10-11,14,17H,7,9,12-13H2,1-4H3,(H2,23,25,26);1H. The van der Waals surface area contributed by atoms with E-state index in [2.05, 4.69) is 20.6 Å². The molecule has 0 aliphatic carbocycles. The van der Waals surface area contributed by atoms with Crippen LogP contribution >= 0.6 is 24.0 Å². The lowest BCUT2D eigenvalue weighted by atomic mass is 10.2. The number of likely N-dealkylation sites (tertiary alicyclic amines) is 1. The highest BCUT2D eigenvalue weighted by Crippen LogP contribution is 2.17. The van der Waals surface area contributed by atoms with Gasteiger partial charge in [0.25, 0.3) is 0 Å². The fraction of sp³-hybridized carbons (Fsp3) is 0.476. The highest BCUT2D eigenvalue weighted by molar-refractivity contribution is 14.0. The van der Waals surface area contributed by atoms with Crippen molar-refractivity contribution in [3.63, 3.8) is 0 Å². The monoisotopic (exact) mass is 528 g/mol. The van der Waals surface area contributed by atoms with Crippen LogP contribution in [-0.2, 0) is 11.3 Å².